The van der Waals surface area contributed by atoms with Gasteiger partial charge in [-0.05, 0) is 36.2 Å². The summed E-state index contributed by atoms with van der Waals surface area (Å²) in [6.45, 7) is 2.67. The SMILES string of the molecule is CC(=O)NCC(=O)N1CCN(C(=O)C2CC(S)CN2C(=O)OCc2ccc([N+](=O)[O-])cc2)CC1.O=C1Nc2ccc(c([N+](=O)[O-])c2)CO1. The van der Waals surface area contributed by atoms with E-state index in [0.29, 0.717) is 49.4 Å². The topological polar surface area (TPSA) is 224 Å². The van der Waals surface area contributed by atoms with Gasteiger partial charge in [0.15, 0.2) is 0 Å². The molecule has 48 heavy (non-hydrogen) atoms. The molecule has 19 heteroatoms. The van der Waals surface area contributed by atoms with Crippen LogP contribution < -0.4 is 10.6 Å². The standard InChI is InChI=1S/C21H27N5O7S.C8H6N2O4/c1-14(27)22-11-19(28)23-6-8-24(9-7-23)20(29)18-10-17(34)12-25(18)21(30)33-13-15-2-4-16(5-3-15)26(31)32;11-8-9-6-2-1-5(4-14-8)7(3-6)10(12)13/h2-5,17-18,34H,6-13H2,1H3,(H,22,27);1-3H,4H2,(H,9,11). The van der Waals surface area contributed by atoms with Gasteiger partial charge in [0.1, 0.15) is 19.3 Å². The monoisotopic (exact) mass is 687 g/mol. The predicted molar refractivity (Wildman–Crippen MR) is 170 cm³/mol. The third kappa shape index (κ3) is 9.30. The fourth-order valence-corrected chi connectivity index (χ4v) is 5.50. The van der Waals surface area contributed by atoms with Crippen LogP contribution in [0.3, 0.4) is 0 Å². The normalized spacial score (nSPS) is 18.3. The molecule has 6 rings (SSSR count). The Bertz CT molecular complexity index is 1580. The number of ether oxygens (including phenoxy) is 2. The molecule has 2 atom stereocenters. The predicted octanol–water partition coefficient (Wildman–Crippen LogP) is 2.07. The summed E-state index contributed by atoms with van der Waals surface area (Å²) < 4.78 is 10.0. The molecular weight excluding hydrogens is 654 g/mol. The number of carbonyl (C=O) groups is 5. The fraction of sp³-hybridized carbons (Fsp3) is 0.414. The Labute approximate surface area is 279 Å². The molecule has 0 spiro atoms. The first kappa shape index (κ1) is 35.4. The number of likely N-dealkylation sites (tertiary alicyclic amines) is 1. The molecule has 0 radical (unpaired) electrons. The fourth-order valence-electron chi connectivity index (χ4n) is 5.12. The van der Waals surface area contributed by atoms with Crippen LogP contribution in [0, 0.1) is 20.2 Å². The first-order valence-electron chi connectivity index (χ1n) is 14.7. The van der Waals surface area contributed by atoms with Crippen LogP contribution in [-0.4, -0.2) is 105 Å². The van der Waals surface area contributed by atoms with Gasteiger partial charge in [-0.2, -0.15) is 12.6 Å². The van der Waals surface area contributed by atoms with E-state index in [1.807, 2.05) is 0 Å². The number of amides is 5. The maximum Gasteiger partial charge on any atom is 0.411 e. The Hall–Kier alpha value is -5.46. The number of fused-ring (bicyclic) bond motifs is 5. The molecule has 0 aromatic heterocycles. The lowest BCUT2D eigenvalue weighted by molar-refractivity contribution is -0.385. The second-order valence-electron chi connectivity index (χ2n) is 11.0. The number of anilines is 1. The number of non-ortho nitro benzene ring substituents is 1. The van der Waals surface area contributed by atoms with Crippen molar-refractivity contribution in [2.75, 3.05) is 44.6 Å². The Morgan fingerprint density at radius 3 is 2.31 bits per heavy atom. The van der Waals surface area contributed by atoms with E-state index in [9.17, 15) is 44.2 Å². The number of benzene rings is 2. The van der Waals surface area contributed by atoms with Gasteiger partial charge in [-0.1, -0.05) is 0 Å². The second kappa shape index (κ2) is 15.9. The molecule has 0 saturated carbocycles. The first-order valence-corrected chi connectivity index (χ1v) is 15.2. The average molecular weight is 688 g/mol. The lowest BCUT2D eigenvalue weighted by atomic mass is 10.1. The average Bonchev–Trinajstić information content (AvgIpc) is 3.45. The van der Waals surface area contributed by atoms with E-state index in [0.717, 1.165) is 0 Å². The number of carbonyl (C=O) groups excluding carboxylic acids is 5. The summed E-state index contributed by atoms with van der Waals surface area (Å²) in [5.74, 6) is -0.724. The molecule has 2 fully saturated rings. The van der Waals surface area contributed by atoms with Crippen LogP contribution in [0.15, 0.2) is 42.5 Å². The zero-order valence-electron chi connectivity index (χ0n) is 25.7. The number of hydrogen-bond acceptors (Lipinski definition) is 12. The van der Waals surface area contributed by atoms with Crippen molar-refractivity contribution in [1.29, 1.82) is 0 Å². The van der Waals surface area contributed by atoms with Gasteiger partial charge in [0.05, 0.1) is 27.6 Å². The quantitative estimate of drug-likeness (QED) is 0.217. The molecule has 2 saturated heterocycles. The van der Waals surface area contributed by atoms with E-state index in [4.69, 9.17) is 9.47 Å². The minimum absolute atomic E-state index is 0.0394. The van der Waals surface area contributed by atoms with Gasteiger partial charge in [0.2, 0.25) is 17.7 Å². The molecule has 5 amide bonds. The molecule has 18 nitrogen and oxygen atoms in total. The number of nitro benzene ring substituents is 2. The van der Waals surface area contributed by atoms with E-state index in [1.54, 1.807) is 21.9 Å². The van der Waals surface area contributed by atoms with Gasteiger partial charge in [-0.25, -0.2) is 9.59 Å². The summed E-state index contributed by atoms with van der Waals surface area (Å²) in [6.07, 6.45) is -0.867. The minimum atomic E-state index is -0.714. The second-order valence-corrected chi connectivity index (χ2v) is 11.7. The smallest absolute Gasteiger partial charge is 0.411 e. The van der Waals surface area contributed by atoms with Gasteiger partial charge in [0.25, 0.3) is 11.4 Å². The molecule has 2 unspecified atom stereocenters. The highest BCUT2D eigenvalue weighted by Crippen LogP contribution is 2.27. The molecule has 256 valence electrons. The highest BCUT2D eigenvalue weighted by molar-refractivity contribution is 7.81. The Morgan fingerprint density at radius 2 is 1.69 bits per heavy atom. The van der Waals surface area contributed by atoms with Crippen molar-refractivity contribution in [3.05, 3.63) is 73.8 Å². The summed E-state index contributed by atoms with van der Waals surface area (Å²) in [5.41, 5.74) is 1.25. The molecule has 4 heterocycles. The summed E-state index contributed by atoms with van der Waals surface area (Å²) in [7, 11) is 0. The number of piperazine rings is 1. The molecule has 2 aromatic rings. The van der Waals surface area contributed by atoms with Crippen molar-refractivity contribution >= 4 is 59.6 Å². The third-order valence-corrected chi connectivity index (χ3v) is 8.00. The highest BCUT2D eigenvalue weighted by Gasteiger charge is 2.42. The zero-order chi connectivity index (χ0) is 35.0. The van der Waals surface area contributed by atoms with Crippen molar-refractivity contribution in [3.8, 4) is 0 Å². The van der Waals surface area contributed by atoms with E-state index in [-0.39, 0.29) is 60.6 Å². The number of hydrogen-bond donors (Lipinski definition) is 3. The molecule has 4 aliphatic heterocycles. The maximum atomic E-state index is 13.1. The van der Waals surface area contributed by atoms with Gasteiger partial charge in [-0.3, -0.25) is 44.8 Å². The Kier molecular flexibility index (Phi) is 11.7. The van der Waals surface area contributed by atoms with Crippen LogP contribution >= 0.6 is 12.6 Å². The van der Waals surface area contributed by atoms with Crippen LogP contribution in [0.2, 0.25) is 0 Å². The first-order chi connectivity index (χ1) is 22.8. The number of rotatable bonds is 7. The van der Waals surface area contributed by atoms with Crippen LogP contribution in [-0.2, 0) is 37.1 Å². The lowest BCUT2D eigenvalue weighted by Crippen LogP contribution is -2.56. The minimum Gasteiger partial charge on any atom is -0.445 e. The molecule has 2 aromatic carbocycles. The molecule has 2 N–H and O–H groups in total. The van der Waals surface area contributed by atoms with E-state index in [1.165, 1.54) is 42.2 Å². The van der Waals surface area contributed by atoms with E-state index >= 15 is 0 Å². The summed E-state index contributed by atoms with van der Waals surface area (Å²) in [5, 5.41) is 26.0. The van der Waals surface area contributed by atoms with Crippen LogP contribution in [0.5, 0.6) is 0 Å². The summed E-state index contributed by atoms with van der Waals surface area (Å²) in [6, 6.07) is 9.43. The maximum absolute atomic E-state index is 13.1. The van der Waals surface area contributed by atoms with Crippen molar-refractivity contribution < 1.29 is 43.3 Å². The van der Waals surface area contributed by atoms with Crippen molar-refractivity contribution in [1.82, 2.24) is 20.0 Å². The largest absolute Gasteiger partial charge is 0.445 e. The summed E-state index contributed by atoms with van der Waals surface area (Å²) in [4.78, 5) is 84.8. The van der Waals surface area contributed by atoms with Gasteiger partial charge in [0, 0.05) is 63.1 Å². The van der Waals surface area contributed by atoms with Crippen LogP contribution in [0.4, 0.5) is 26.7 Å². The van der Waals surface area contributed by atoms with Crippen LogP contribution in [0.1, 0.15) is 24.5 Å². The van der Waals surface area contributed by atoms with Crippen molar-refractivity contribution in [2.24, 2.45) is 0 Å². The molecule has 2 bridgehead atoms. The Morgan fingerprint density at radius 1 is 1.02 bits per heavy atom. The number of nitrogens with zero attached hydrogens (tertiary/aromatic N) is 5. The van der Waals surface area contributed by atoms with Gasteiger partial charge < -0.3 is 24.6 Å². The van der Waals surface area contributed by atoms with E-state index in [2.05, 4.69) is 23.3 Å². The van der Waals surface area contributed by atoms with Crippen molar-refractivity contribution in [3.63, 3.8) is 0 Å². The summed E-state index contributed by atoms with van der Waals surface area (Å²) >= 11 is 4.44. The lowest BCUT2D eigenvalue weighted by Gasteiger charge is -2.37. The molecule has 0 aliphatic carbocycles. The molecular formula is C29H33N7O11S. The van der Waals surface area contributed by atoms with Crippen molar-refractivity contribution in [2.45, 2.75) is 37.9 Å². The van der Waals surface area contributed by atoms with Gasteiger partial charge >= 0.3 is 12.2 Å². The number of thiol groups is 1. The third-order valence-electron chi connectivity index (χ3n) is 7.63. The number of nitrogens with one attached hydrogen (secondary N) is 2. The highest BCUT2D eigenvalue weighted by atomic mass is 32.1. The molecule has 4 aliphatic rings. The van der Waals surface area contributed by atoms with Gasteiger partial charge in [-0.15, -0.1) is 0 Å². The van der Waals surface area contributed by atoms with E-state index < -0.39 is 28.1 Å². The van der Waals surface area contributed by atoms with Crippen LogP contribution in [0.25, 0.3) is 0 Å². The Balaban J connectivity index is 0.000000307. The number of nitro groups is 2. The zero-order valence-corrected chi connectivity index (χ0v) is 26.6.